The van der Waals surface area contributed by atoms with Crippen molar-refractivity contribution in [3.05, 3.63) is 62.8 Å². The third-order valence-electron chi connectivity index (χ3n) is 5.65. The van der Waals surface area contributed by atoms with Gasteiger partial charge in [-0.2, -0.15) is 17.7 Å². The van der Waals surface area contributed by atoms with Gasteiger partial charge in [0.15, 0.2) is 11.5 Å². The standard InChI is InChI=1S/C20H18F3N5O/c1-11-17(12-2-3-12)19-24-6-4-16(29)28(19)26-18(11)27-7-5-15-13(10-27)8-14(9-25-15)20(21,22)23/h4,6,8-9,12H,2-3,5,7,10H2,1H3. The molecule has 0 radical (unpaired) electrons. The van der Waals surface area contributed by atoms with Crippen molar-refractivity contribution in [2.45, 2.75) is 44.8 Å². The summed E-state index contributed by atoms with van der Waals surface area (Å²) >= 11 is 0. The summed E-state index contributed by atoms with van der Waals surface area (Å²) in [4.78, 5) is 22.7. The number of pyridine rings is 1. The van der Waals surface area contributed by atoms with Crippen molar-refractivity contribution in [3.8, 4) is 0 Å². The molecule has 1 aliphatic heterocycles. The average Bonchev–Trinajstić information content (AvgIpc) is 3.51. The fourth-order valence-corrected chi connectivity index (χ4v) is 4.06. The smallest absolute Gasteiger partial charge is 0.350 e. The minimum atomic E-state index is -4.43. The van der Waals surface area contributed by atoms with Crippen LogP contribution in [0, 0.1) is 6.92 Å². The Morgan fingerprint density at radius 3 is 2.72 bits per heavy atom. The quantitative estimate of drug-likeness (QED) is 0.660. The van der Waals surface area contributed by atoms with Crippen molar-refractivity contribution in [1.82, 2.24) is 19.6 Å². The number of alkyl halides is 3. The van der Waals surface area contributed by atoms with Crippen LogP contribution in [0.3, 0.4) is 0 Å². The molecule has 29 heavy (non-hydrogen) atoms. The van der Waals surface area contributed by atoms with Crippen molar-refractivity contribution >= 4 is 11.5 Å². The first-order valence-electron chi connectivity index (χ1n) is 9.51. The van der Waals surface area contributed by atoms with Gasteiger partial charge in [0, 0.05) is 54.8 Å². The van der Waals surface area contributed by atoms with E-state index in [4.69, 9.17) is 0 Å². The molecule has 1 saturated carbocycles. The zero-order valence-electron chi connectivity index (χ0n) is 15.7. The summed E-state index contributed by atoms with van der Waals surface area (Å²) in [6.45, 7) is 2.80. The largest absolute Gasteiger partial charge is 0.417 e. The molecular formula is C20H18F3N5O. The molecule has 0 spiro atoms. The topological polar surface area (TPSA) is 63.4 Å². The maximum absolute atomic E-state index is 13.1. The number of hydrogen-bond acceptors (Lipinski definition) is 5. The van der Waals surface area contributed by atoms with Crippen LogP contribution in [0.1, 0.15) is 46.7 Å². The number of hydrogen-bond donors (Lipinski definition) is 0. The van der Waals surface area contributed by atoms with Crippen LogP contribution >= 0.6 is 0 Å². The van der Waals surface area contributed by atoms with Gasteiger partial charge in [0.05, 0.1) is 5.56 Å². The molecule has 3 aromatic rings. The lowest BCUT2D eigenvalue weighted by Crippen LogP contribution is -2.34. The number of anilines is 1. The molecule has 1 aliphatic carbocycles. The molecule has 0 atom stereocenters. The van der Waals surface area contributed by atoms with Gasteiger partial charge in [-0.15, -0.1) is 5.10 Å². The molecule has 0 amide bonds. The first-order chi connectivity index (χ1) is 13.8. The van der Waals surface area contributed by atoms with E-state index < -0.39 is 11.7 Å². The van der Waals surface area contributed by atoms with Crippen molar-refractivity contribution < 1.29 is 13.2 Å². The molecule has 1 fully saturated rings. The number of halogens is 3. The van der Waals surface area contributed by atoms with E-state index in [0.717, 1.165) is 30.2 Å². The second-order valence-electron chi connectivity index (χ2n) is 7.65. The summed E-state index contributed by atoms with van der Waals surface area (Å²) in [7, 11) is 0. The Balaban J connectivity index is 1.61. The molecule has 150 valence electrons. The van der Waals surface area contributed by atoms with E-state index in [2.05, 4.69) is 15.1 Å². The van der Waals surface area contributed by atoms with Gasteiger partial charge < -0.3 is 4.90 Å². The zero-order valence-corrected chi connectivity index (χ0v) is 15.7. The molecule has 5 rings (SSSR count). The van der Waals surface area contributed by atoms with Crippen molar-refractivity contribution in [2.24, 2.45) is 0 Å². The second-order valence-corrected chi connectivity index (χ2v) is 7.65. The van der Waals surface area contributed by atoms with E-state index in [-0.39, 0.29) is 12.1 Å². The summed E-state index contributed by atoms with van der Waals surface area (Å²) in [6, 6.07) is 2.53. The highest BCUT2D eigenvalue weighted by atomic mass is 19.4. The minimum absolute atomic E-state index is 0.267. The van der Waals surface area contributed by atoms with Crippen LogP contribution in [0.15, 0.2) is 29.3 Å². The van der Waals surface area contributed by atoms with Crippen LogP contribution in [0.25, 0.3) is 5.65 Å². The van der Waals surface area contributed by atoms with Crippen molar-refractivity contribution in [3.63, 3.8) is 0 Å². The van der Waals surface area contributed by atoms with E-state index in [1.54, 1.807) is 0 Å². The SMILES string of the molecule is Cc1c(N2CCc3ncc(C(F)(F)F)cc3C2)nn2c(=O)ccnc2c1C1CC1. The highest BCUT2D eigenvalue weighted by molar-refractivity contribution is 5.62. The normalized spacial score (nSPS) is 16.9. The van der Waals surface area contributed by atoms with Crippen molar-refractivity contribution in [2.75, 3.05) is 11.4 Å². The molecule has 6 nitrogen and oxygen atoms in total. The Hall–Kier alpha value is -2.97. The predicted octanol–water partition coefficient (Wildman–Crippen LogP) is 3.25. The van der Waals surface area contributed by atoms with E-state index in [1.807, 2.05) is 11.8 Å². The van der Waals surface area contributed by atoms with Gasteiger partial charge in [0.1, 0.15) is 0 Å². The van der Waals surface area contributed by atoms with Gasteiger partial charge >= 0.3 is 6.18 Å². The summed E-state index contributed by atoms with van der Waals surface area (Å²) in [6.07, 6.45) is 0.544. The first-order valence-corrected chi connectivity index (χ1v) is 9.51. The van der Waals surface area contributed by atoms with Crippen LogP contribution in [-0.2, 0) is 19.1 Å². The second kappa shape index (κ2) is 6.27. The third kappa shape index (κ3) is 3.04. The molecule has 0 aromatic carbocycles. The highest BCUT2D eigenvalue weighted by Crippen LogP contribution is 2.44. The summed E-state index contributed by atoms with van der Waals surface area (Å²) in [5, 5.41) is 4.54. The molecule has 2 aliphatic rings. The van der Waals surface area contributed by atoms with Crippen LogP contribution in [0.4, 0.5) is 19.0 Å². The van der Waals surface area contributed by atoms with Crippen molar-refractivity contribution in [1.29, 1.82) is 0 Å². The van der Waals surface area contributed by atoms with Gasteiger partial charge in [-0.05, 0) is 37.3 Å². The fourth-order valence-electron chi connectivity index (χ4n) is 4.06. The van der Waals surface area contributed by atoms with Crippen LogP contribution in [0.2, 0.25) is 0 Å². The molecule has 0 unspecified atom stereocenters. The van der Waals surface area contributed by atoms with Crippen LogP contribution < -0.4 is 10.5 Å². The lowest BCUT2D eigenvalue weighted by Gasteiger charge is -2.31. The lowest BCUT2D eigenvalue weighted by molar-refractivity contribution is -0.137. The summed E-state index contributed by atoms with van der Waals surface area (Å²) in [5.41, 5.74) is 2.72. The van der Waals surface area contributed by atoms with Gasteiger partial charge in [-0.3, -0.25) is 9.78 Å². The molecule has 0 bridgehead atoms. The van der Waals surface area contributed by atoms with Crippen LogP contribution in [0.5, 0.6) is 0 Å². The lowest BCUT2D eigenvalue weighted by atomic mass is 10.0. The Kier molecular flexibility index (Phi) is 3.91. The molecule has 4 heterocycles. The van der Waals surface area contributed by atoms with Crippen LogP contribution in [-0.4, -0.2) is 26.1 Å². The van der Waals surface area contributed by atoms with Gasteiger partial charge in [-0.25, -0.2) is 4.98 Å². The van der Waals surface area contributed by atoms with Gasteiger partial charge in [-0.1, -0.05) is 0 Å². The fraction of sp³-hybridized carbons (Fsp3) is 0.400. The maximum Gasteiger partial charge on any atom is 0.417 e. The summed E-state index contributed by atoms with van der Waals surface area (Å²) < 4.78 is 40.6. The van der Waals surface area contributed by atoms with Gasteiger partial charge in [0.2, 0.25) is 0 Å². The minimum Gasteiger partial charge on any atom is -0.350 e. The molecule has 3 aromatic heterocycles. The third-order valence-corrected chi connectivity index (χ3v) is 5.65. The monoisotopic (exact) mass is 401 g/mol. The van der Waals surface area contributed by atoms with E-state index in [0.29, 0.717) is 41.6 Å². The predicted molar refractivity (Wildman–Crippen MR) is 100.0 cm³/mol. The molecule has 9 heteroatoms. The highest BCUT2D eigenvalue weighted by Gasteiger charge is 2.34. The zero-order chi connectivity index (χ0) is 20.3. The van der Waals surface area contributed by atoms with Gasteiger partial charge in [0.25, 0.3) is 5.56 Å². The Labute approximate surface area is 164 Å². The summed E-state index contributed by atoms with van der Waals surface area (Å²) in [5.74, 6) is 0.967. The number of rotatable bonds is 2. The Bertz CT molecular complexity index is 1180. The van der Waals surface area contributed by atoms with E-state index in [1.165, 1.54) is 22.8 Å². The maximum atomic E-state index is 13.1. The van der Waals surface area contributed by atoms with E-state index in [9.17, 15) is 18.0 Å². The number of fused-ring (bicyclic) bond motifs is 2. The molecule has 0 N–H and O–H groups in total. The first kappa shape index (κ1) is 18.1. The molecular weight excluding hydrogens is 383 g/mol. The Morgan fingerprint density at radius 1 is 1.21 bits per heavy atom. The Morgan fingerprint density at radius 2 is 2.00 bits per heavy atom. The number of nitrogens with zero attached hydrogens (tertiary/aromatic N) is 5. The average molecular weight is 401 g/mol. The number of aromatic nitrogens is 4. The van der Waals surface area contributed by atoms with E-state index >= 15 is 0 Å². The molecule has 0 saturated heterocycles.